The van der Waals surface area contributed by atoms with Crippen LogP contribution in [0.4, 0.5) is 30.5 Å². The van der Waals surface area contributed by atoms with Gasteiger partial charge in [0.1, 0.15) is 5.69 Å². The molecule has 13 heteroatoms. The van der Waals surface area contributed by atoms with E-state index in [1.807, 2.05) is 11.0 Å². The first kappa shape index (κ1) is 22.4. The maximum Gasteiger partial charge on any atom is 0.433 e. The second-order valence-electron chi connectivity index (χ2n) is 7.17. The Morgan fingerprint density at radius 2 is 1.88 bits per heavy atom. The third-order valence-electron chi connectivity index (χ3n) is 4.91. The molecule has 3 heterocycles. The van der Waals surface area contributed by atoms with Crippen LogP contribution >= 0.6 is 11.3 Å². The molecule has 3 aromatic rings. The maximum absolute atomic E-state index is 13.0. The van der Waals surface area contributed by atoms with Crippen LogP contribution in [0.25, 0.3) is 10.4 Å². The molecular weight excluding hydrogens is 465 g/mol. The van der Waals surface area contributed by atoms with E-state index < -0.39 is 21.9 Å². The van der Waals surface area contributed by atoms with Crippen molar-refractivity contribution in [3.63, 3.8) is 0 Å². The highest BCUT2D eigenvalue weighted by Crippen LogP contribution is 2.33. The number of halogens is 3. The van der Waals surface area contributed by atoms with Crippen LogP contribution in [0.1, 0.15) is 5.69 Å². The molecule has 1 N–H and O–H groups in total. The molecule has 32 heavy (non-hydrogen) atoms. The Balaban J connectivity index is 1.64. The fourth-order valence-corrected chi connectivity index (χ4v) is 4.79. The summed E-state index contributed by atoms with van der Waals surface area (Å²) in [7, 11) is -3.26. The summed E-state index contributed by atoms with van der Waals surface area (Å²) in [5, 5.41) is 2.86. The Morgan fingerprint density at radius 1 is 1.12 bits per heavy atom. The van der Waals surface area contributed by atoms with Crippen molar-refractivity contribution in [1.29, 1.82) is 0 Å². The third-order valence-corrected chi connectivity index (χ3v) is 7.03. The second-order valence-corrected chi connectivity index (χ2v) is 10.0. The highest BCUT2D eigenvalue weighted by Gasteiger charge is 2.32. The van der Waals surface area contributed by atoms with Crippen molar-refractivity contribution in [2.24, 2.45) is 0 Å². The Labute approximate surface area is 186 Å². The van der Waals surface area contributed by atoms with E-state index in [2.05, 4.69) is 20.3 Å². The minimum Gasteiger partial charge on any atom is -0.369 e. The number of hydrogen-bond acceptors (Lipinski definition) is 8. The number of sulfonamides is 1. The standard InChI is InChI=1S/C19H19F3N6O2S2/c1-32(29,30)28-6-4-27(5-7-28)15-9-13(16-11-23-12-31-16)8-14(10-15)25-18-24-3-2-17(26-18)19(20,21)22/h2-3,8-12H,4-7H2,1H3,(H,24,25,26). The number of nitrogens with zero attached hydrogens (tertiary/aromatic N) is 5. The quantitative estimate of drug-likeness (QED) is 0.593. The molecule has 170 valence electrons. The monoisotopic (exact) mass is 484 g/mol. The maximum atomic E-state index is 13.0. The van der Waals surface area contributed by atoms with E-state index in [1.165, 1.54) is 21.9 Å². The SMILES string of the molecule is CS(=O)(=O)N1CCN(c2cc(Nc3nccc(C(F)(F)F)n3)cc(-c3cncs3)c2)CC1. The van der Waals surface area contributed by atoms with Gasteiger partial charge < -0.3 is 10.2 Å². The molecule has 0 unspecified atom stereocenters. The Bertz CT molecular complexity index is 1190. The summed E-state index contributed by atoms with van der Waals surface area (Å²) in [6.07, 6.45) is -0.634. The normalized spacial score (nSPS) is 15.7. The number of rotatable bonds is 5. The molecule has 0 amide bonds. The lowest BCUT2D eigenvalue weighted by molar-refractivity contribution is -0.141. The molecule has 1 fully saturated rings. The first-order valence-corrected chi connectivity index (χ1v) is 12.2. The highest BCUT2D eigenvalue weighted by atomic mass is 32.2. The molecule has 0 spiro atoms. The van der Waals surface area contributed by atoms with Gasteiger partial charge in [-0.1, -0.05) is 0 Å². The van der Waals surface area contributed by atoms with Gasteiger partial charge >= 0.3 is 6.18 Å². The smallest absolute Gasteiger partial charge is 0.369 e. The van der Waals surface area contributed by atoms with E-state index in [0.717, 1.165) is 28.4 Å². The average molecular weight is 485 g/mol. The van der Waals surface area contributed by atoms with E-state index in [0.29, 0.717) is 31.9 Å². The lowest BCUT2D eigenvalue weighted by atomic mass is 10.1. The van der Waals surface area contributed by atoms with Gasteiger partial charge in [-0.05, 0) is 29.8 Å². The minimum atomic E-state index is -4.58. The summed E-state index contributed by atoms with van der Waals surface area (Å²) in [5.41, 5.74) is 2.79. The van der Waals surface area contributed by atoms with E-state index in [1.54, 1.807) is 23.8 Å². The van der Waals surface area contributed by atoms with Gasteiger partial charge in [-0.15, -0.1) is 11.3 Å². The number of anilines is 3. The molecule has 8 nitrogen and oxygen atoms in total. The summed E-state index contributed by atoms with van der Waals surface area (Å²) in [6, 6.07) is 6.32. The first-order valence-electron chi connectivity index (χ1n) is 9.51. The van der Waals surface area contributed by atoms with E-state index in [4.69, 9.17) is 0 Å². The lowest BCUT2D eigenvalue weighted by Gasteiger charge is -2.35. The zero-order valence-corrected chi connectivity index (χ0v) is 18.5. The van der Waals surface area contributed by atoms with Crippen LogP contribution in [0.5, 0.6) is 0 Å². The highest BCUT2D eigenvalue weighted by molar-refractivity contribution is 7.88. The Morgan fingerprint density at radius 3 is 2.50 bits per heavy atom. The number of hydrogen-bond donors (Lipinski definition) is 1. The first-order chi connectivity index (χ1) is 15.1. The number of aromatic nitrogens is 3. The van der Waals surface area contributed by atoms with E-state index >= 15 is 0 Å². The lowest BCUT2D eigenvalue weighted by Crippen LogP contribution is -2.48. The van der Waals surface area contributed by atoms with Crippen LogP contribution < -0.4 is 10.2 Å². The van der Waals surface area contributed by atoms with Crippen LogP contribution in [0.2, 0.25) is 0 Å². The largest absolute Gasteiger partial charge is 0.433 e. The topological polar surface area (TPSA) is 91.3 Å². The van der Waals surface area contributed by atoms with Gasteiger partial charge in [0.25, 0.3) is 0 Å². The van der Waals surface area contributed by atoms with Gasteiger partial charge in [0.05, 0.1) is 16.6 Å². The van der Waals surface area contributed by atoms with Crippen molar-refractivity contribution in [2.45, 2.75) is 6.18 Å². The summed E-state index contributed by atoms with van der Waals surface area (Å²) in [5.74, 6) is -0.172. The number of benzene rings is 1. The Kier molecular flexibility index (Phi) is 6.05. The summed E-state index contributed by atoms with van der Waals surface area (Å²) in [6.45, 7) is 1.67. The number of thiazole rings is 1. The number of piperazine rings is 1. The van der Waals surface area contributed by atoms with Crippen molar-refractivity contribution in [2.75, 3.05) is 42.7 Å². The van der Waals surface area contributed by atoms with E-state index in [-0.39, 0.29) is 5.95 Å². The molecule has 0 aliphatic carbocycles. The minimum absolute atomic E-state index is 0.172. The molecule has 1 aliphatic heterocycles. The van der Waals surface area contributed by atoms with Crippen LogP contribution in [-0.4, -0.2) is 60.1 Å². The van der Waals surface area contributed by atoms with Crippen LogP contribution in [-0.2, 0) is 16.2 Å². The van der Waals surface area contributed by atoms with Crippen molar-refractivity contribution < 1.29 is 21.6 Å². The molecule has 1 aromatic carbocycles. The average Bonchev–Trinajstić information content (AvgIpc) is 3.28. The van der Waals surface area contributed by atoms with Crippen molar-refractivity contribution in [3.05, 3.63) is 47.9 Å². The van der Waals surface area contributed by atoms with Gasteiger partial charge in [0.2, 0.25) is 16.0 Å². The van der Waals surface area contributed by atoms with Crippen LogP contribution in [0.15, 0.2) is 42.2 Å². The van der Waals surface area contributed by atoms with Crippen molar-refractivity contribution in [3.8, 4) is 10.4 Å². The Hall–Kier alpha value is -2.77. The summed E-state index contributed by atoms with van der Waals surface area (Å²) in [4.78, 5) is 14.5. The van der Waals surface area contributed by atoms with Crippen LogP contribution in [0, 0.1) is 0 Å². The van der Waals surface area contributed by atoms with Crippen molar-refractivity contribution >= 4 is 38.7 Å². The second kappa shape index (κ2) is 8.64. The van der Waals surface area contributed by atoms with Gasteiger partial charge in [-0.25, -0.2) is 18.4 Å². The fourth-order valence-electron chi connectivity index (χ4n) is 3.35. The van der Waals surface area contributed by atoms with Gasteiger partial charge in [0.15, 0.2) is 0 Å². The zero-order chi connectivity index (χ0) is 22.9. The van der Waals surface area contributed by atoms with Gasteiger partial charge in [0, 0.05) is 49.9 Å². The molecule has 4 rings (SSSR count). The molecule has 0 saturated carbocycles. The summed E-state index contributed by atoms with van der Waals surface area (Å²) >= 11 is 1.43. The van der Waals surface area contributed by atoms with Gasteiger partial charge in [-0.3, -0.25) is 4.98 Å². The number of alkyl halides is 3. The third kappa shape index (κ3) is 5.16. The molecule has 0 atom stereocenters. The number of nitrogens with one attached hydrogen (secondary N) is 1. The van der Waals surface area contributed by atoms with Gasteiger partial charge in [-0.2, -0.15) is 17.5 Å². The predicted octanol–water partition coefficient (Wildman–Crippen LogP) is 3.44. The van der Waals surface area contributed by atoms with Crippen LogP contribution in [0.3, 0.4) is 0 Å². The summed E-state index contributed by atoms with van der Waals surface area (Å²) < 4.78 is 64.0. The van der Waals surface area contributed by atoms with Crippen molar-refractivity contribution in [1.82, 2.24) is 19.3 Å². The molecule has 1 saturated heterocycles. The molecule has 0 bridgehead atoms. The van der Waals surface area contributed by atoms with E-state index in [9.17, 15) is 21.6 Å². The molecule has 0 radical (unpaired) electrons. The predicted molar refractivity (Wildman–Crippen MR) is 116 cm³/mol. The zero-order valence-electron chi connectivity index (χ0n) is 16.9. The molecule has 2 aromatic heterocycles. The fraction of sp³-hybridized carbons (Fsp3) is 0.316. The molecular formula is C19H19F3N6O2S2. The molecule has 1 aliphatic rings.